The van der Waals surface area contributed by atoms with Gasteiger partial charge in [-0.3, -0.25) is 4.79 Å². The molecule has 3 rings (SSSR count). The van der Waals surface area contributed by atoms with Gasteiger partial charge in [-0.15, -0.1) is 0 Å². The molecule has 94 valence electrons. The molecule has 1 unspecified atom stereocenters. The van der Waals surface area contributed by atoms with Crippen LogP contribution in [0, 0.1) is 5.92 Å². The Balaban J connectivity index is 1.91. The van der Waals surface area contributed by atoms with E-state index in [1.54, 1.807) is 0 Å². The standard InChI is InChI=1S/C12H11BrN2O3/c13-10-3-2-9(18-10)8-6-15-5-7(12(16)17)1-4-11(15)14-8/h2-3,6-7H,1,4-5H2,(H,16,17). The average Bonchev–Trinajstić information content (AvgIpc) is 2.93. The quantitative estimate of drug-likeness (QED) is 0.925. The van der Waals surface area contributed by atoms with Gasteiger partial charge >= 0.3 is 5.97 Å². The zero-order valence-electron chi connectivity index (χ0n) is 9.47. The van der Waals surface area contributed by atoms with Crippen molar-refractivity contribution in [1.82, 2.24) is 9.55 Å². The van der Waals surface area contributed by atoms with E-state index in [2.05, 4.69) is 20.9 Å². The van der Waals surface area contributed by atoms with Crippen molar-refractivity contribution >= 4 is 21.9 Å². The zero-order chi connectivity index (χ0) is 12.7. The van der Waals surface area contributed by atoms with Gasteiger partial charge in [-0.2, -0.15) is 0 Å². The fourth-order valence-electron chi connectivity index (χ4n) is 2.22. The Kier molecular flexibility index (Phi) is 2.74. The first kappa shape index (κ1) is 11.5. The minimum Gasteiger partial charge on any atom is -0.481 e. The average molecular weight is 311 g/mol. The number of aliphatic carboxylic acids is 1. The van der Waals surface area contributed by atoms with E-state index in [1.807, 2.05) is 22.9 Å². The Hall–Kier alpha value is -1.56. The number of carbonyl (C=O) groups is 1. The molecule has 1 aliphatic rings. The van der Waals surface area contributed by atoms with Crippen molar-refractivity contribution in [3.05, 3.63) is 28.8 Å². The van der Waals surface area contributed by atoms with E-state index < -0.39 is 5.97 Å². The van der Waals surface area contributed by atoms with Crippen LogP contribution in [0.15, 0.2) is 27.4 Å². The zero-order valence-corrected chi connectivity index (χ0v) is 11.1. The highest BCUT2D eigenvalue weighted by Gasteiger charge is 2.25. The van der Waals surface area contributed by atoms with Crippen molar-refractivity contribution in [1.29, 1.82) is 0 Å². The first-order chi connectivity index (χ1) is 8.63. The topological polar surface area (TPSA) is 68.3 Å². The first-order valence-electron chi connectivity index (χ1n) is 5.68. The van der Waals surface area contributed by atoms with E-state index in [9.17, 15) is 4.79 Å². The summed E-state index contributed by atoms with van der Waals surface area (Å²) in [6, 6.07) is 3.65. The summed E-state index contributed by atoms with van der Waals surface area (Å²) in [7, 11) is 0. The molecule has 0 bridgehead atoms. The van der Waals surface area contributed by atoms with Crippen LogP contribution in [0.3, 0.4) is 0 Å². The minimum atomic E-state index is -0.739. The van der Waals surface area contributed by atoms with E-state index in [1.165, 1.54) is 0 Å². The monoisotopic (exact) mass is 310 g/mol. The predicted octanol–water partition coefficient (Wildman–Crippen LogP) is 2.55. The first-order valence-corrected chi connectivity index (χ1v) is 6.47. The largest absolute Gasteiger partial charge is 0.481 e. The number of carboxylic acid groups (broad SMARTS) is 1. The molecule has 0 radical (unpaired) electrons. The van der Waals surface area contributed by atoms with E-state index in [0.717, 1.165) is 11.5 Å². The number of nitrogens with zero attached hydrogens (tertiary/aromatic N) is 2. The SMILES string of the molecule is O=C(O)C1CCc2nc(-c3ccc(Br)o3)cn2C1. The van der Waals surface area contributed by atoms with Gasteiger partial charge in [0.1, 0.15) is 11.5 Å². The van der Waals surface area contributed by atoms with Gasteiger partial charge in [0.2, 0.25) is 0 Å². The summed E-state index contributed by atoms with van der Waals surface area (Å²) in [4.78, 5) is 15.5. The van der Waals surface area contributed by atoms with Crippen LogP contribution >= 0.6 is 15.9 Å². The second-order valence-corrected chi connectivity index (χ2v) is 5.15. The number of carboxylic acids is 1. The molecule has 0 fully saturated rings. The lowest BCUT2D eigenvalue weighted by atomic mass is 10.00. The molecule has 3 heterocycles. The summed E-state index contributed by atoms with van der Waals surface area (Å²) in [6.45, 7) is 0.486. The Bertz CT molecular complexity index is 602. The molecule has 0 spiro atoms. The number of furan rings is 1. The van der Waals surface area contributed by atoms with Crippen LogP contribution in [0.25, 0.3) is 11.5 Å². The highest BCUT2D eigenvalue weighted by Crippen LogP contribution is 2.27. The van der Waals surface area contributed by atoms with Gasteiger partial charge in [-0.05, 0) is 34.5 Å². The van der Waals surface area contributed by atoms with Crippen molar-refractivity contribution in [3.63, 3.8) is 0 Å². The van der Waals surface area contributed by atoms with Crippen molar-refractivity contribution in [2.45, 2.75) is 19.4 Å². The number of aromatic nitrogens is 2. The lowest BCUT2D eigenvalue weighted by Crippen LogP contribution is -2.26. The highest BCUT2D eigenvalue weighted by molar-refractivity contribution is 9.10. The molecule has 2 aromatic heterocycles. The molecule has 1 atom stereocenters. The number of hydrogen-bond donors (Lipinski definition) is 1. The van der Waals surface area contributed by atoms with E-state index in [-0.39, 0.29) is 5.92 Å². The van der Waals surface area contributed by atoms with Crippen LogP contribution in [-0.2, 0) is 17.8 Å². The van der Waals surface area contributed by atoms with E-state index in [4.69, 9.17) is 9.52 Å². The number of halogens is 1. The van der Waals surface area contributed by atoms with Crippen molar-refractivity contribution in [3.8, 4) is 11.5 Å². The smallest absolute Gasteiger partial charge is 0.308 e. The lowest BCUT2D eigenvalue weighted by Gasteiger charge is -2.19. The Morgan fingerprint density at radius 1 is 1.56 bits per heavy atom. The van der Waals surface area contributed by atoms with E-state index in [0.29, 0.717) is 29.8 Å². The molecular weight excluding hydrogens is 300 g/mol. The third kappa shape index (κ3) is 1.96. The minimum absolute atomic E-state index is 0.317. The number of imidazole rings is 1. The molecule has 0 aromatic carbocycles. The molecule has 6 heteroatoms. The maximum Gasteiger partial charge on any atom is 0.308 e. The summed E-state index contributed by atoms with van der Waals surface area (Å²) >= 11 is 3.25. The normalized spacial score (nSPS) is 18.6. The van der Waals surface area contributed by atoms with Gasteiger partial charge in [-0.1, -0.05) is 0 Å². The highest BCUT2D eigenvalue weighted by atomic mass is 79.9. The molecule has 18 heavy (non-hydrogen) atoms. The summed E-state index contributed by atoms with van der Waals surface area (Å²) in [5, 5.41) is 9.03. The molecule has 0 aliphatic carbocycles. The number of fused-ring (bicyclic) bond motifs is 1. The number of rotatable bonds is 2. The second-order valence-electron chi connectivity index (χ2n) is 4.37. The van der Waals surface area contributed by atoms with Crippen LogP contribution in [0.5, 0.6) is 0 Å². The third-order valence-corrected chi connectivity index (χ3v) is 3.59. The van der Waals surface area contributed by atoms with Gasteiger partial charge in [-0.25, -0.2) is 4.98 Å². The Morgan fingerprint density at radius 3 is 3.06 bits per heavy atom. The van der Waals surface area contributed by atoms with Gasteiger partial charge in [0.25, 0.3) is 0 Å². The van der Waals surface area contributed by atoms with Gasteiger partial charge < -0.3 is 14.1 Å². The predicted molar refractivity (Wildman–Crippen MR) is 67.1 cm³/mol. The van der Waals surface area contributed by atoms with Crippen LogP contribution in [0.4, 0.5) is 0 Å². The van der Waals surface area contributed by atoms with Crippen molar-refractivity contribution in [2.75, 3.05) is 0 Å². The maximum atomic E-state index is 11.0. The maximum absolute atomic E-state index is 11.0. The van der Waals surface area contributed by atoms with Crippen LogP contribution in [0.1, 0.15) is 12.2 Å². The van der Waals surface area contributed by atoms with Crippen molar-refractivity contribution in [2.24, 2.45) is 5.92 Å². The summed E-state index contributed by atoms with van der Waals surface area (Å²) in [5.74, 6) is 0.560. The number of aryl methyl sites for hydroxylation is 1. The summed E-state index contributed by atoms with van der Waals surface area (Å²) < 4.78 is 8.02. The summed E-state index contributed by atoms with van der Waals surface area (Å²) in [6.07, 6.45) is 3.20. The number of hydrogen-bond acceptors (Lipinski definition) is 3. The lowest BCUT2D eigenvalue weighted by molar-refractivity contribution is -0.142. The molecule has 1 aliphatic heterocycles. The fourth-order valence-corrected chi connectivity index (χ4v) is 2.52. The molecule has 0 saturated heterocycles. The van der Waals surface area contributed by atoms with Gasteiger partial charge in [0, 0.05) is 19.2 Å². The summed E-state index contributed by atoms with van der Waals surface area (Å²) in [5.41, 5.74) is 0.752. The Labute approximate surface area is 112 Å². The third-order valence-electron chi connectivity index (χ3n) is 3.17. The Morgan fingerprint density at radius 2 is 2.39 bits per heavy atom. The van der Waals surface area contributed by atoms with Crippen molar-refractivity contribution < 1.29 is 14.3 Å². The molecule has 2 aromatic rings. The molecular formula is C12H11BrN2O3. The van der Waals surface area contributed by atoms with Gasteiger partial charge in [0.15, 0.2) is 10.4 Å². The van der Waals surface area contributed by atoms with Gasteiger partial charge in [0.05, 0.1) is 5.92 Å². The molecule has 0 saturated carbocycles. The van der Waals surface area contributed by atoms with Crippen LogP contribution in [-0.4, -0.2) is 20.6 Å². The van der Waals surface area contributed by atoms with Crippen LogP contribution < -0.4 is 0 Å². The molecule has 0 amide bonds. The van der Waals surface area contributed by atoms with Crippen LogP contribution in [0.2, 0.25) is 0 Å². The second kappa shape index (κ2) is 4.28. The molecule has 1 N–H and O–H groups in total. The fraction of sp³-hybridized carbons (Fsp3) is 0.333. The molecule has 5 nitrogen and oxygen atoms in total. The van der Waals surface area contributed by atoms with E-state index >= 15 is 0 Å².